The number of aromatic hydroxyl groups is 1. The molecule has 1 N–H and O–H groups in total. The van der Waals surface area contributed by atoms with Crippen molar-refractivity contribution in [2.45, 2.75) is 72.1 Å². The Balaban J connectivity index is 0.00000480. The maximum atomic E-state index is 13.4. The van der Waals surface area contributed by atoms with Gasteiger partial charge in [0, 0.05) is 23.2 Å². The number of alkyl halides is 3. The van der Waals surface area contributed by atoms with Gasteiger partial charge in [0.05, 0.1) is 10.6 Å². The lowest BCUT2D eigenvalue weighted by Gasteiger charge is -2.35. The first-order valence-corrected chi connectivity index (χ1v) is 10.4. The highest BCUT2D eigenvalue weighted by Gasteiger charge is 2.34. The van der Waals surface area contributed by atoms with Crippen molar-refractivity contribution in [3.05, 3.63) is 52.0 Å². The molecule has 7 heteroatoms. The Labute approximate surface area is 194 Å². The molecule has 0 radical (unpaired) electrons. The van der Waals surface area contributed by atoms with Gasteiger partial charge in [0.15, 0.2) is 0 Å². The summed E-state index contributed by atoms with van der Waals surface area (Å²) in [6, 6.07) is 7.48. The fourth-order valence-corrected chi connectivity index (χ4v) is 3.63. The van der Waals surface area contributed by atoms with Crippen molar-refractivity contribution in [3.63, 3.8) is 0 Å². The van der Waals surface area contributed by atoms with Gasteiger partial charge < -0.3 is 5.11 Å². The van der Waals surface area contributed by atoms with Crippen LogP contribution in [0.4, 0.5) is 13.2 Å². The van der Waals surface area contributed by atoms with E-state index in [4.69, 9.17) is 11.6 Å². The molecular formula is C24H32Cl2F3NO. The molecule has 31 heavy (non-hydrogen) atoms. The second-order valence-electron chi connectivity index (χ2n) is 9.66. The van der Waals surface area contributed by atoms with Crippen LogP contribution in [0.2, 0.25) is 5.02 Å². The van der Waals surface area contributed by atoms with Crippen LogP contribution in [0.3, 0.4) is 0 Å². The number of hydrogen-bond acceptors (Lipinski definition) is 2. The quantitative estimate of drug-likeness (QED) is 0.480. The van der Waals surface area contributed by atoms with Gasteiger partial charge in [-0.15, -0.1) is 12.4 Å². The summed E-state index contributed by atoms with van der Waals surface area (Å²) in [6.45, 7) is 15.7. The molecule has 0 fully saturated rings. The van der Waals surface area contributed by atoms with Crippen LogP contribution in [0.15, 0.2) is 30.3 Å². The number of phenols is 1. The molecule has 0 unspecified atom stereocenters. The molecule has 2 nitrogen and oxygen atoms in total. The van der Waals surface area contributed by atoms with Crippen molar-refractivity contribution in [1.82, 2.24) is 4.90 Å². The van der Waals surface area contributed by atoms with Crippen LogP contribution in [-0.4, -0.2) is 22.1 Å². The molecule has 0 spiro atoms. The Kier molecular flexibility index (Phi) is 8.55. The average Bonchev–Trinajstić information content (AvgIpc) is 2.58. The second kappa shape index (κ2) is 9.60. The van der Waals surface area contributed by atoms with Crippen LogP contribution in [0.1, 0.15) is 65.2 Å². The number of rotatable bonds is 4. The zero-order valence-electron chi connectivity index (χ0n) is 19.1. The van der Waals surface area contributed by atoms with Gasteiger partial charge >= 0.3 is 6.18 Å². The third-order valence-electron chi connectivity index (χ3n) is 5.33. The third kappa shape index (κ3) is 6.53. The molecule has 0 saturated carbocycles. The predicted octanol–water partition coefficient (Wildman–Crippen LogP) is 8.07. The summed E-state index contributed by atoms with van der Waals surface area (Å²) in [5, 5.41) is 10.7. The van der Waals surface area contributed by atoms with Gasteiger partial charge in [-0.25, -0.2) is 0 Å². The largest absolute Gasteiger partial charge is 0.507 e. The van der Waals surface area contributed by atoms with E-state index in [1.54, 1.807) is 6.07 Å². The van der Waals surface area contributed by atoms with E-state index < -0.39 is 11.7 Å². The number of benzene rings is 2. The summed E-state index contributed by atoms with van der Waals surface area (Å²) in [5.41, 5.74) is 1.03. The molecule has 2 aromatic rings. The van der Waals surface area contributed by atoms with E-state index in [1.807, 2.05) is 33.8 Å². The molecule has 0 aliphatic heterocycles. The van der Waals surface area contributed by atoms with Crippen molar-refractivity contribution in [3.8, 4) is 16.9 Å². The Hall–Kier alpha value is -1.43. The second-order valence-corrected chi connectivity index (χ2v) is 10.1. The SMILES string of the molecule is CCN(Cc1cc(C(C)(C)C)cc(-c2ccc(Cl)c(C(F)(F)F)c2)c1O)C(C)(C)C.Cl. The zero-order valence-corrected chi connectivity index (χ0v) is 20.7. The van der Waals surface area contributed by atoms with E-state index in [-0.39, 0.29) is 39.7 Å². The van der Waals surface area contributed by atoms with Gasteiger partial charge in [-0.2, -0.15) is 13.2 Å². The number of halogens is 5. The first-order valence-electron chi connectivity index (χ1n) is 10.0. The summed E-state index contributed by atoms with van der Waals surface area (Å²) in [6.07, 6.45) is -4.57. The van der Waals surface area contributed by atoms with Crippen molar-refractivity contribution >= 4 is 24.0 Å². The molecule has 0 heterocycles. The summed E-state index contributed by atoms with van der Waals surface area (Å²) < 4.78 is 40.2. The minimum absolute atomic E-state index is 0. The van der Waals surface area contributed by atoms with Crippen LogP contribution >= 0.6 is 24.0 Å². The highest BCUT2D eigenvalue weighted by atomic mass is 35.5. The lowest BCUT2D eigenvalue weighted by atomic mass is 9.83. The first-order chi connectivity index (χ1) is 13.6. The van der Waals surface area contributed by atoms with Crippen LogP contribution < -0.4 is 0 Å². The van der Waals surface area contributed by atoms with Crippen molar-refractivity contribution < 1.29 is 18.3 Å². The van der Waals surface area contributed by atoms with E-state index in [9.17, 15) is 18.3 Å². The molecular weight excluding hydrogens is 446 g/mol. The maximum absolute atomic E-state index is 13.4. The highest BCUT2D eigenvalue weighted by molar-refractivity contribution is 6.31. The molecule has 0 aliphatic carbocycles. The van der Waals surface area contributed by atoms with Gasteiger partial charge in [-0.1, -0.05) is 51.4 Å². The lowest BCUT2D eigenvalue weighted by Crippen LogP contribution is -2.40. The molecule has 0 bridgehead atoms. The monoisotopic (exact) mass is 477 g/mol. The van der Waals surface area contributed by atoms with Gasteiger partial charge in [0.25, 0.3) is 0 Å². The summed E-state index contributed by atoms with van der Waals surface area (Å²) in [4.78, 5) is 2.21. The van der Waals surface area contributed by atoms with E-state index in [1.165, 1.54) is 12.1 Å². The van der Waals surface area contributed by atoms with Gasteiger partial charge in [-0.3, -0.25) is 4.90 Å². The third-order valence-corrected chi connectivity index (χ3v) is 5.66. The van der Waals surface area contributed by atoms with E-state index in [2.05, 4.69) is 25.7 Å². The van der Waals surface area contributed by atoms with Crippen molar-refractivity contribution in [1.29, 1.82) is 0 Å². The Bertz CT molecular complexity index is 913. The normalized spacial score (nSPS) is 12.8. The minimum atomic E-state index is -4.57. The standard InChI is InChI=1S/C24H31ClF3NO.ClH/c1-8-29(23(5,6)7)14-16-11-17(22(2,3)4)13-18(21(16)30)15-9-10-20(25)19(12-15)24(26,27)28;/h9-13,30H,8,14H2,1-7H3;1H. The Morgan fingerprint density at radius 3 is 2.00 bits per heavy atom. The lowest BCUT2D eigenvalue weighted by molar-refractivity contribution is -0.137. The average molecular weight is 478 g/mol. The van der Waals surface area contributed by atoms with Crippen LogP contribution in [0.5, 0.6) is 5.75 Å². The summed E-state index contributed by atoms with van der Waals surface area (Å²) >= 11 is 5.79. The topological polar surface area (TPSA) is 23.5 Å². The first kappa shape index (κ1) is 27.6. The molecule has 2 aromatic carbocycles. The zero-order chi connectivity index (χ0) is 23.1. The number of phenolic OH excluding ortho intramolecular Hbond substituents is 1. The molecule has 0 aliphatic rings. The predicted molar refractivity (Wildman–Crippen MR) is 125 cm³/mol. The fraction of sp³-hybridized carbons (Fsp3) is 0.500. The van der Waals surface area contributed by atoms with Gasteiger partial charge in [0.1, 0.15) is 5.75 Å². The van der Waals surface area contributed by atoms with Crippen LogP contribution in [-0.2, 0) is 18.1 Å². The van der Waals surface area contributed by atoms with Gasteiger partial charge in [-0.05, 0) is 62.1 Å². The smallest absolute Gasteiger partial charge is 0.417 e. The van der Waals surface area contributed by atoms with E-state index >= 15 is 0 Å². The fourth-order valence-electron chi connectivity index (χ4n) is 3.41. The van der Waals surface area contributed by atoms with Crippen molar-refractivity contribution in [2.24, 2.45) is 0 Å². The number of nitrogens with zero attached hydrogens (tertiary/aromatic N) is 1. The summed E-state index contributed by atoms with van der Waals surface area (Å²) in [5.74, 6) is 0.00106. The minimum Gasteiger partial charge on any atom is -0.507 e. The molecule has 0 saturated heterocycles. The van der Waals surface area contributed by atoms with Crippen LogP contribution in [0, 0.1) is 0 Å². The molecule has 174 valence electrons. The Morgan fingerprint density at radius 1 is 0.968 bits per heavy atom. The molecule has 0 aromatic heterocycles. The van der Waals surface area contributed by atoms with E-state index in [0.29, 0.717) is 17.7 Å². The maximum Gasteiger partial charge on any atom is 0.417 e. The van der Waals surface area contributed by atoms with Crippen LogP contribution in [0.25, 0.3) is 11.1 Å². The van der Waals surface area contributed by atoms with Gasteiger partial charge in [0.2, 0.25) is 0 Å². The van der Waals surface area contributed by atoms with Crippen molar-refractivity contribution in [2.75, 3.05) is 6.54 Å². The molecule has 2 rings (SSSR count). The highest BCUT2D eigenvalue weighted by Crippen LogP contribution is 2.42. The number of hydrogen-bond donors (Lipinski definition) is 1. The molecule has 0 amide bonds. The summed E-state index contributed by atoms with van der Waals surface area (Å²) in [7, 11) is 0. The molecule has 0 atom stereocenters. The Morgan fingerprint density at radius 2 is 1.55 bits per heavy atom. The van der Waals surface area contributed by atoms with E-state index in [0.717, 1.165) is 18.2 Å².